The summed E-state index contributed by atoms with van der Waals surface area (Å²) in [7, 11) is 1.85. The fraction of sp³-hybridized carbons (Fsp3) is 0.444. The van der Waals surface area contributed by atoms with Gasteiger partial charge in [0, 0.05) is 68.0 Å². The number of nitrogens with zero attached hydrogens (tertiary/aromatic N) is 4. The van der Waals surface area contributed by atoms with Crippen LogP contribution in [-0.4, -0.2) is 55.6 Å². The van der Waals surface area contributed by atoms with E-state index < -0.39 is 0 Å². The maximum atomic E-state index is 6.10. The van der Waals surface area contributed by atoms with Gasteiger partial charge in [0.15, 0.2) is 5.96 Å². The van der Waals surface area contributed by atoms with Gasteiger partial charge in [0.25, 0.3) is 0 Å². The molecule has 1 aliphatic heterocycles. The summed E-state index contributed by atoms with van der Waals surface area (Å²) in [5.74, 6) is 0.971. The summed E-state index contributed by atoms with van der Waals surface area (Å²) in [6.07, 6.45) is 2.86. The van der Waals surface area contributed by atoms with Crippen LogP contribution in [0.15, 0.2) is 35.5 Å². The van der Waals surface area contributed by atoms with Crippen molar-refractivity contribution in [3.05, 3.63) is 45.4 Å². The van der Waals surface area contributed by atoms with Gasteiger partial charge in [0.1, 0.15) is 0 Å². The summed E-state index contributed by atoms with van der Waals surface area (Å²) in [5, 5.41) is 5.42. The maximum absolute atomic E-state index is 6.10. The first-order valence-corrected chi connectivity index (χ1v) is 9.72. The van der Waals surface area contributed by atoms with Crippen molar-refractivity contribution < 1.29 is 0 Å². The standard InChI is InChI=1S/C18H24ClN5S/c1-14-13-22-17(25-14)6-7-21-18(20-2)24-10-8-23(9-11-24)16-5-3-4-15(19)12-16/h3-5,12-13H,6-11H2,1-2H3,(H,20,21). The molecule has 25 heavy (non-hydrogen) atoms. The fourth-order valence-electron chi connectivity index (χ4n) is 2.98. The minimum absolute atomic E-state index is 0.787. The topological polar surface area (TPSA) is 43.8 Å². The van der Waals surface area contributed by atoms with Gasteiger partial charge in [-0.2, -0.15) is 0 Å². The average molecular weight is 378 g/mol. The second-order valence-corrected chi connectivity index (χ2v) is 7.80. The van der Waals surface area contributed by atoms with Gasteiger partial charge < -0.3 is 15.1 Å². The number of aromatic nitrogens is 1. The number of hydrogen-bond acceptors (Lipinski definition) is 4. The predicted molar refractivity (Wildman–Crippen MR) is 107 cm³/mol. The molecule has 134 valence electrons. The number of guanidine groups is 1. The van der Waals surface area contributed by atoms with E-state index in [-0.39, 0.29) is 0 Å². The fourth-order valence-corrected chi connectivity index (χ4v) is 3.95. The monoisotopic (exact) mass is 377 g/mol. The predicted octanol–water partition coefficient (Wildman–Crippen LogP) is 3.05. The Hall–Kier alpha value is -1.79. The van der Waals surface area contributed by atoms with Crippen LogP contribution in [0.5, 0.6) is 0 Å². The molecule has 0 atom stereocenters. The molecule has 0 bridgehead atoms. The lowest BCUT2D eigenvalue weighted by molar-refractivity contribution is 0.373. The van der Waals surface area contributed by atoms with Crippen LogP contribution in [0.25, 0.3) is 0 Å². The van der Waals surface area contributed by atoms with Crippen molar-refractivity contribution in [1.82, 2.24) is 15.2 Å². The number of nitrogens with one attached hydrogen (secondary N) is 1. The van der Waals surface area contributed by atoms with Crippen LogP contribution in [-0.2, 0) is 6.42 Å². The minimum Gasteiger partial charge on any atom is -0.368 e. The van der Waals surface area contributed by atoms with Crippen LogP contribution < -0.4 is 10.2 Å². The number of anilines is 1. The van der Waals surface area contributed by atoms with Crippen molar-refractivity contribution in [1.29, 1.82) is 0 Å². The SMILES string of the molecule is CN=C(NCCc1ncc(C)s1)N1CCN(c2cccc(Cl)c2)CC1. The van der Waals surface area contributed by atoms with Crippen molar-refractivity contribution in [2.24, 2.45) is 4.99 Å². The van der Waals surface area contributed by atoms with Gasteiger partial charge in [-0.1, -0.05) is 17.7 Å². The zero-order chi connectivity index (χ0) is 17.6. The Morgan fingerprint density at radius 2 is 2.12 bits per heavy atom. The molecule has 0 aliphatic carbocycles. The van der Waals surface area contributed by atoms with E-state index in [1.165, 1.54) is 15.6 Å². The van der Waals surface area contributed by atoms with E-state index in [9.17, 15) is 0 Å². The molecule has 1 N–H and O–H groups in total. The van der Waals surface area contributed by atoms with Crippen LogP contribution in [0.4, 0.5) is 5.69 Å². The summed E-state index contributed by atoms with van der Waals surface area (Å²) in [5.41, 5.74) is 1.19. The van der Waals surface area contributed by atoms with E-state index in [1.807, 2.05) is 31.4 Å². The molecule has 0 spiro atoms. The summed E-state index contributed by atoms with van der Waals surface area (Å²) in [6.45, 7) is 6.77. The van der Waals surface area contributed by atoms with E-state index in [4.69, 9.17) is 11.6 Å². The number of halogens is 1. The number of piperazine rings is 1. The van der Waals surface area contributed by atoms with Crippen LogP contribution >= 0.6 is 22.9 Å². The highest BCUT2D eigenvalue weighted by atomic mass is 35.5. The molecule has 1 aromatic heterocycles. The Kier molecular flexibility index (Phi) is 6.15. The molecular weight excluding hydrogens is 354 g/mol. The molecule has 1 saturated heterocycles. The highest BCUT2D eigenvalue weighted by molar-refractivity contribution is 7.11. The molecule has 1 aliphatic rings. The first kappa shape index (κ1) is 18.0. The molecule has 0 saturated carbocycles. The second-order valence-electron chi connectivity index (χ2n) is 6.04. The van der Waals surface area contributed by atoms with Gasteiger partial charge in [0.2, 0.25) is 0 Å². The Labute approximate surface area is 158 Å². The molecular formula is C18H24ClN5S. The molecule has 2 heterocycles. The van der Waals surface area contributed by atoms with Crippen molar-refractivity contribution in [2.75, 3.05) is 44.7 Å². The summed E-state index contributed by atoms with van der Waals surface area (Å²) >= 11 is 7.86. The van der Waals surface area contributed by atoms with Crippen molar-refractivity contribution >= 4 is 34.6 Å². The first-order valence-electron chi connectivity index (χ1n) is 8.53. The summed E-state index contributed by atoms with van der Waals surface area (Å²) < 4.78 is 0. The van der Waals surface area contributed by atoms with Crippen LogP contribution in [0, 0.1) is 6.92 Å². The van der Waals surface area contributed by atoms with E-state index in [0.717, 1.165) is 50.1 Å². The largest absolute Gasteiger partial charge is 0.368 e. The van der Waals surface area contributed by atoms with E-state index >= 15 is 0 Å². The normalized spacial score (nSPS) is 15.6. The smallest absolute Gasteiger partial charge is 0.193 e. The van der Waals surface area contributed by atoms with Crippen molar-refractivity contribution in [3.63, 3.8) is 0 Å². The highest BCUT2D eigenvalue weighted by Gasteiger charge is 2.19. The molecule has 1 fully saturated rings. The number of aliphatic imine (C=N–C) groups is 1. The molecule has 2 aromatic rings. The molecule has 0 unspecified atom stereocenters. The number of rotatable bonds is 4. The lowest BCUT2D eigenvalue weighted by atomic mass is 10.2. The number of benzene rings is 1. The third-order valence-corrected chi connectivity index (χ3v) is 5.46. The van der Waals surface area contributed by atoms with Gasteiger partial charge in [-0.25, -0.2) is 4.98 Å². The Morgan fingerprint density at radius 1 is 1.32 bits per heavy atom. The van der Waals surface area contributed by atoms with Gasteiger partial charge in [-0.15, -0.1) is 11.3 Å². The zero-order valence-corrected chi connectivity index (χ0v) is 16.3. The lowest BCUT2D eigenvalue weighted by Gasteiger charge is -2.37. The van der Waals surface area contributed by atoms with Crippen LogP contribution in [0.1, 0.15) is 9.88 Å². The molecule has 7 heteroatoms. The Balaban J connectivity index is 1.48. The number of aryl methyl sites for hydroxylation is 1. The average Bonchev–Trinajstić information content (AvgIpc) is 3.04. The minimum atomic E-state index is 0.787. The lowest BCUT2D eigenvalue weighted by Crippen LogP contribution is -2.52. The molecule has 0 radical (unpaired) electrons. The molecule has 3 rings (SSSR count). The van der Waals surface area contributed by atoms with Gasteiger partial charge in [-0.3, -0.25) is 4.99 Å². The Morgan fingerprint density at radius 3 is 2.76 bits per heavy atom. The third-order valence-electron chi connectivity index (χ3n) is 4.26. The first-order chi connectivity index (χ1) is 12.2. The molecule has 0 amide bonds. The van der Waals surface area contributed by atoms with Crippen LogP contribution in [0.2, 0.25) is 5.02 Å². The quantitative estimate of drug-likeness (QED) is 0.657. The Bertz CT molecular complexity index is 722. The van der Waals surface area contributed by atoms with Gasteiger partial charge >= 0.3 is 0 Å². The zero-order valence-electron chi connectivity index (χ0n) is 14.7. The van der Waals surface area contributed by atoms with Crippen molar-refractivity contribution in [2.45, 2.75) is 13.3 Å². The second kappa shape index (κ2) is 8.54. The van der Waals surface area contributed by atoms with Gasteiger partial charge in [0.05, 0.1) is 5.01 Å². The van der Waals surface area contributed by atoms with Crippen molar-refractivity contribution in [3.8, 4) is 0 Å². The summed E-state index contributed by atoms with van der Waals surface area (Å²) in [6, 6.07) is 8.06. The molecule has 1 aromatic carbocycles. The molecule has 5 nitrogen and oxygen atoms in total. The van der Waals surface area contributed by atoms with E-state index in [2.05, 4.69) is 38.1 Å². The number of thiazole rings is 1. The van der Waals surface area contributed by atoms with E-state index in [1.54, 1.807) is 11.3 Å². The summed E-state index contributed by atoms with van der Waals surface area (Å²) in [4.78, 5) is 14.8. The van der Waals surface area contributed by atoms with E-state index in [0.29, 0.717) is 0 Å². The van der Waals surface area contributed by atoms with Crippen LogP contribution in [0.3, 0.4) is 0 Å². The highest BCUT2D eigenvalue weighted by Crippen LogP contribution is 2.20. The van der Waals surface area contributed by atoms with Gasteiger partial charge in [-0.05, 0) is 25.1 Å². The third kappa shape index (κ3) is 4.86. The maximum Gasteiger partial charge on any atom is 0.193 e. The number of hydrogen-bond donors (Lipinski definition) is 1.